The number of methoxy groups -OCH3 is 1. The molecule has 0 unspecified atom stereocenters. The van der Waals surface area contributed by atoms with Gasteiger partial charge in [0.2, 0.25) is 0 Å². The highest BCUT2D eigenvalue weighted by Crippen LogP contribution is 1.86. The molecule has 0 fully saturated rings. The van der Waals surface area contributed by atoms with Gasteiger partial charge in [0.25, 0.3) is 0 Å². The number of carbonyl (C=O) groups is 3. The maximum absolute atomic E-state index is 10.6. The Morgan fingerprint density at radius 2 is 1.92 bits per heavy atom. The van der Waals surface area contributed by atoms with Gasteiger partial charge in [-0.25, -0.2) is 4.79 Å². The second-order valence-corrected chi connectivity index (χ2v) is 2.04. The van der Waals surface area contributed by atoms with Crippen LogP contribution in [0.15, 0.2) is 0 Å². The van der Waals surface area contributed by atoms with Gasteiger partial charge in [0.1, 0.15) is 6.54 Å². The number of carbonyl (C=O) groups excluding carboxylic acids is 2. The van der Waals surface area contributed by atoms with Crippen molar-refractivity contribution in [1.82, 2.24) is 4.90 Å². The predicted octanol–water partition coefficient (Wildman–Crippen LogP) is -1.30. The van der Waals surface area contributed by atoms with Gasteiger partial charge in [-0.15, -0.1) is 0 Å². The maximum atomic E-state index is 10.6. The van der Waals surface area contributed by atoms with Crippen LogP contribution >= 0.6 is 0 Å². The first-order valence-electron chi connectivity index (χ1n) is 3.04. The van der Waals surface area contributed by atoms with Crippen molar-refractivity contribution >= 4 is 17.8 Å². The van der Waals surface area contributed by atoms with Crippen LogP contribution in [0.4, 0.5) is 0 Å². The Bertz CT molecular complexity index is 212. The van der Waals surface area contributed by atoms with Crippen molar-refractivity contribution in [2.24, 2.45) is 0 Å². The average molecular weight is 175 g/mol. The van der Waals surface area contributed by atoms with E-state index in [4.69, 9.17) is 5.11 Å². The van der Waals surface area contributed by atoms with E-state index < -0.39 is 17.8 Å². The van der Waals surface area contributed by atoms with Gasteiger partial charge < -0.3 is 14.7 Å². The van der Waals surface area contributed by atoms with Crippen molar-refractivity contribution in [1.29, 1.82) is 0 Å². The fourth-order valence-corrected chi connectivity index (χ4v) is 0.493. The zero-order chi connectivity index (χ0) is 9.72. The maximum Gasteiger partial charge on any atom is 0.394 e. The zero-order valence-electron chi connectivity index (χ0n) is 6.73. The van der Waals surface area contributed by atoms with E-state index in [0.29, 0.717) is 0 Å². The highest BCUT2D eigenvalue weighted by molar-refractivity contribution is 6.31. The molecule has 12 heavy (non-hydrogen) atoms. The third-order valence-corrected chi connectivity index (χ3v) is 1.12. The molecule has 0 aliphatic rings. The van der Waals surface area contributed by atoms with Crippen molar-refractivity contribution in [2.45, 2.75) is 0 Å². The lowest BCUT2D eigenvalue weighted by Crippen LogP contribution is -2.37. The van der Waals surface area contributed by atoms with Crippen molar-refractivity contribution < 1.29 is 24.2 Å². The second-order valence-electron chi connectivity index (χ2n) is 2.04. The van der Waals surface area contributed by atoms with Crippen LogP contribution in [0.2, 0.25) is 0 Å². The predicted molar refractivity (Wildman–Crippen MR) is 37.3 cm³/mol. The molecule has 0 rings (SSSR count). The molecule has 0 aromatic heterocycles. The van der Waals surface area contributed by atoms with Crippen molar-refractivity contribution in [3.05, 3.63) is 0 Å². The number of likely N-dealkylation sites (N-methyl/N-ethyl adjacent to an activating group) is 1. The molecule has 0 saturated carbocycles. The van der Waals surface area contributed by atoms with Crippen LogP contribution in [-0.4, -0.2) is 48.6 Å². The number of amides is 1. The fraction of sp³-hybridized carbons (Fsp3) is 0.500. The summed E-state index contributed by atoms with van der Waals surface area (Å²) in [7, 11) is 2.36. The molecule has 0 aliphatic carbocycles. The lowest BCUT2D eigenvalue weighted by atomic mass is 10.5. The molecule has 0 saturated heterocycles. The minimum Gasteiger partial charge on any atom is -0.474 e. The molecule has 0 spiro atoms. The minimum absolute atomic E-state index is 0.359. The second kappa shape index (κ2) is 4.32. The Morgan fingerprint density at radius 1 is 1.42 bits per heavy atom. The van der Waals surface area contributed by atoms with Crippen LogP contribution in [-0.2, 0) is 19.1 Å². The number of hydrogen-bond acceptors (Lipinski definition) is 4. The lowest BCUT2D eigenvalue weighted by Gasteiger charge is -2.11. The topological polar surface area (TPSA) is 83.9 Å². The first-order chi connectivity index (χ1) is 5.49. The fourth-order valence-electron chi connectivity index (χ4n) is 0.493. The third kappa shape index (κ3) is 3.00. The summed E-state index contributed by atoms with van der Waals surface area (Å²) >= 11 is 0. The van der Waals surface area contributed by atoms with Crippen LogP contribution in [0.1, 0.15) is 0 Å². The van der Waals surface area contributed by atoms with Crippen molar-refractivity contribution in [3.63, 3.8) is 0 Å². The molecule has 6 heteroatoms. The van der Waals surface area contributed by atoms with E-state index >= 15 is 0 Å². The summed E-state index contributed by atoms with van der Waals surface area (Å²) in [5.41, 5.74) is 0. The van der Waals surface area contributed by atoms with Gasteiger partial charge in [0.15, 0.2) is 0 Å². The van der Waals surface area contributed by atoms with E-state index in [0.717, 1.165) is 12.0 Å². The number of aliphatic carboxylic acids is 1. The molecule has 6 nitrogen and oxygen atoms in total. The van der Waals surface area contributed by atoms with Gasteiger partial charge >= 0.3 is 17.8 Å². The third-order valence-electron chi connectivity index (χ3n) is 1.12. The van der Waals surface area contributed by atoms with Crippen LogP contribution in [0.5, 0.6) is 0 Å². The molecule has 0 atom stereocenters. The van der Waals surface area contributed by atoms with Gasteiger partial charge in [-0.1, -0.05) is 0 Å². The summed E-state index contributed by atoms with van der Waals surface area (Å²) in [6, 6.07) is 0. The molecule has 0 aromatic rings. The van der Waals surface area contributed by atoms with Crippen LogP contribution in [0.3, 0.4) is 0 Å². The summed E-state index contributed by atoms with van der Waals surface area (Å²) in [4.78, 5) is 32.0. The SMILES string of the molecule is COC(=O)CN(C)C(=O)C(=O)O. The van der Waals surface area contributed by atoms with E-state index in [1.54, 1.807) is 0 Å². The molecule has 68 valence electrons. The molecule has 0 aromatic carbocycles. The molecule has 0 aliphatic heterocycles. The molecule has 0 radical (unpaired) electrons. The van der Waals surface area contributed by atoms with E-state index in [9.17, 15) is 14.4 Å². The summed E-state index contributed by atoms with van der Waals surface area (Å²) < 4.78 is 4.23. The average Bonchev–Trinajstić information content (AvgIpc) is 2.02. The van der Waals surface area contributed by atoms with E-state index in [1.165, 1.54) is 7.05 Å². The van der Waals surface area contributed by atoms with E-state index in [-0.39, 0.29) is 6.54 Å². The van der Waals surface area contributed by atoms with Gasteiger partial charge in [-0.2, -0.15) is 0 Å². The van der Waals surface area contributed by atoms with Gasteiger partial charge in [-0.05, 0) is 0 Å². The minimum atomic E-state index is -1.60. The van der Waals surface area contributed by atoms with Crippen LogP contribution in [0.25, 0.3) is 0 Å². The lowest BCUT2D eigenvalue weighted by molar-refractivity contribution is -0.157. The van der Waals surface area contributed by atoms with Gasteiger partial charge in [0, 0.05) is 7.05 Å². The quantitative estimate of drug-likeness (QED) is 0.416. The first-order valence-corrected chi connectivity index (χ1v) is 3.04. The number of nitrogens with zero attached hydrogens (tertiary/aromatic N) is 1. The largest absolute Gasteiger partial charge is 0.474 e. The summed E-state index contributed by atoms with van der Waals surface area (Å²) in [6.07, 6.45) is 0. The summed E-state index contributed by atoms with van der Waals surface area (Å²) in [5, 5.41) is 8.19. The molecule has 1 amide bonds. The van der Waals surface area contributed by atoms with Gasteiger partial charge in [0.05, 0.1) is 7.11 Å². The summed E-state index contributed by atoms with van der Waals surface area (Å²) in [5.74, 6) is -3.39. The number of ether oxygens (including phenoxy) is 1. The van der Waals surface area contributed by atoms with E-state index in [2.05, 4.69) is 4.74 Å². The zero-order valence-corrected chi connectivity index (χ0v) is 6.73. The monoisotopic (exact) mass is 175 g/mol. The van der Waals surface area contributed by atoms with Crippen LogP contribution in [0, 0.1) is 0 Å². The highest BCUT2D eigenvalue weighted by Gasteiger charge is 2.19. The number of esters is 1. The number of hydrogen-bond donors (Lipinski definition) is 1. The Morgan fingerprint density at radius 3 is 2.25 bits per heavy atom. The van der Waals surface area contributed by atoms with E-state index in [1.807, 2.05) is 0 Å². The molecular weight excluding hydrogens is 166 g/mol. The Hall–Kier alpha value is -1.59. The standard InChI is InChI=1S/C6H9NO5/c1-7(3-4(8)12-2)5(9)6(10)11/h3H2,1-2H3,(H,10,11). The Kier molecular flexibility index (Phi) is 3.75. The number of carboxylic acids is 1. The van der Waals surface area contributed by atoms with Crippen molar-refractivity contribution in [2.75, 3.05) is 20.7 Å². The molecular formula is C6H9NO5. The summed E-state index contributed by atoms with van der Waals surface area (Å²) in [6.45, 7) is -0.359. The van der Waals surface area contributed by atoms with Gasteiger partial charge in [-0.3, -0.25) is 9.59 Å². The van der Waals surface area contributed by atoms with Crippen LogP contribution < -0.4 is 0 Å². The number of carboxylic acid groups (broad SMARTS) is 1. The number of rotatable bonds is 2. The molecule has 0 heterocycles. The normalized spacial score (nSPS) is 8.83. The Balaban J connectivity index is 4.04. The molecule has 0 bridgehead atoms. The van der Waals surface area contributed by atoms with Crippen molar-refractivity contribution in [3.8, 4) is 0 Å². The highest BCUT2D eigenvalue weighted by atomic mass is 16.5. The first kappa shape index (κ1) is 10.4. The molecule has 1 N–H and O–H groups in total. The smallest absolute Gasteiger partial charge is 0.394 e. The Labute approximate surface area is 68.7 Å².